The molecule has 0 aliphatic carbocycles. The smallest absolute Gasteiger partial charge is 0.240 e. The van der Waals surface area contributed by atoms with Gasteiger partial charge in [-0.05, 0) is 22.4 Å². The third-order valence-corrected chi connectivity index (χ3v) is 3.54. The highest BCUT2D eigenvalue weighted by Gasteiger charge is 2.10. The highest BCUT2D eigenvalue weighted by Crippen LogP contribution is 2.20. The van der Waals surface area contributed by atoms with E-state index in [-0.39, 0.29) is 19.0 Å². The number of nitrogens with one attached hydrogen (secondary N) is 1. The summed E-state index contributed by atoms with van der Waals surface area (Å²) >= 11 is 0. The zero-order chi connectivity index (χ0) is 15.4. The number of imidazole rings is 1. The van der Waals surface area contributed by atoms with Gasteiger partial charge in [0.1, 0.15) is 6.54 Å². The Bertz CT molecular complexity index is 768. The zero-order valence-corrected chi connectivity index (χ0v) is 12.0. The Balaban J connectivity index is 1.60. The molecule has 1 amide bonds. The predicted molar refractivity (Wildman–Crippen MR) is 84.1 cm³/mol. The Labute approximate surface area is 128 Å². The minimum absolute atomic E-state index is 0.155. The van der Waals surface area contributed by atoms with Crippen LogP contribution in [0.4, 0.5) is 0 Å². The van der Waals surface area contributed by atoms with E-state index in [0.717, 1.165) is 16.3 Å². The molecule has 0 aliphatic rings. The van der Waals surface area contributed by atoms with Crippen molar-refractivity contribution in [1.29, 1.82) is 0 Å². The fraction of sp³-hybridized carbons (Fsp3) is 0.176. The van der Waals surface area contributed by atoms with E-state index in [9.17, 15) is 9.90 Å². The van der Waals surface area contributed by atoms with E-state index < -0.39 is 6.10 Å². The summed E-state index contributed by atoms with van der Waals surface area (Å²) in [6.45, 7) is 0.385. The van der Waals surface area contributed by atoms with Crippen molar-refractivity contribution in [2.45, 2.75) is 12.6 Å². The van der Waals surface area contributed by atoms with Gasteiger partial charge in [0.15, 0.2) is 0 Å². The fourth-order valence-electron chi connectivity index (χ4n) is 2.35. The summed E-state index contributed by atoms with van der Waals surface area (Å²) in [7, 11) is 0. The van der Waals surface area contributed by atoms with Crippen LogP contribution in [0, 0.1) is 0 Å². The molecule has 1 unspecified atom stereocenters. The summed E-state index contributed by atoms with van der Waals surface area (Å²) in [5.74, 6) is -0.155. The van der Waals surface area contributed by atoms with Crippen LogP contribution in [0.2, 0.25) is 0 Å². The second-order valence-electron chi connectivity index (χ2n) is 5.16. The summed E-state index contributed by atoms with van der Waals surface area (Å²) in [4.78, 5) is 15.7. The van der Waals surface area contributed by atoms with Crippen molar-refractivity contribution < 1.29 is 9.90 Å². The number of amides is 1. The van der Waals surface area contributed by atoms with Crippen molar-refractivity contribution >= 4 is 16.7 Å². The van der Waals surface area contributed by atoms with Gasteiger partial charge in [-0.1, -0.05) is 36.4 Å². The van der Waals surface area contributed by atoms with Gasteiger partial charge in [0.05, 0.1) is 12.4 Å². The monoisotopic (exact) mass is 295 g/mol. The molecule has 1 heterocycles. The van der Waals surface area contributed by atoms with Crippen LogP contribution in [-0.4, -0.2) is 27.1 Å². The average molecular weight is 295 g/mol. The van der Waals surface area contributed by atoms with E-state index in [1.54, 1.807) is 23.3 Å². The van der Waals surface area contributed by atoms with Crippen LogP contribution in [0.15, 0.2) is 61.2 Å². The number of hydrogen-bond acceptors (Lipinski definition) is 3. The molecule has 0 fully saturated rings. The first-order valence-electron chi connectivity index (χ1n) is 7.11. The topological polar surface area (TPSA) is 67.2 Å². The van der Waals surface area contributed by atoms with Crippen LogP contribution >= 0.6 is 0 Å². The SMILES string of the molecule is O=C(Cn1ccnc1)NCC(O)c1ccc2ccccc2c1. The summed E-state index contributed by atoms with van der Waals surface area (Å²) in [6.07, 6.45) is 4.20. The highest BCUT2D eigenvalue weighted by atomic mass is 16.3. The van der Waals surface area contributed by atoms with E-state index in [1.807, 2.05) is 42.5 Å². The van der Waals surface area contributed by atoms with Crippen LogP contribution < -0.4 is 5.32 Å². The summed E-state index contributed by atoms with van der Waals surface area (Å²) in [6, 6.07) is 13.8. The van der Waals surface area contributed by atoms with Gasteiger partial charge in [-0.2, -0.15) is 0 Å². The van der Waals surface area contributed by atoms with E-state index in [0.29, 0.717) is 0 Å². The second kappa shape index (κ2) is 6.41. The van der Waals surface area contributed by atoms with Gasteiger partial charge < -0.3 is 15.0 Å². The lowest BCUT2D eigenvalue weighted by Crippen LogP contribution is -2.31. The molecule has 0 aliphatic heterocycles. The molecular weight excluding hydrogens is 278 g/mol. The number of fused-ring (bicyclic) bond motifs is 1. The Morgan fingerprint density at radius 1 is 1.23 bits per heavy atom. The molecule has 3 aromatic rings. The largest absolute Gasteiger partial charge is 0.387 e. The lowest BCUT2D eigenvalue weighted by atomic mass is 10.0. The maximum absolute atomic E-state index is 11.8. The molecule has 5 heteroatoms. The van der Waals surface area contributed by atoms with E-state index in [1.165, 1.54) is 0 Å². The third-order valence-electron chi connectivity index (χ3n) is 3.54. The van der Waals surface area contributed by atoms with Gasteiger partial charge in [0.2, 0.25) is 5.91 Å². The van der Waals surface area contributed by atoms with Crippen molar-refractivity contribution in [2.24, 2.45) is 0 Å². The lowest BCUT2D eigenvalue weighted by Gasteiger charge is -2.13. The molecule has 0 spiro atoms. The summed E-state index contributed by atoms with van der Waals surface area (Å²) in [5, 5.41) is 15.2. The molecule has 0 saturated heterocycles. The van der Waals surface area contributed by atoms with Crippen LogP contribution in [0.1, 0.15) is 11.7 Å². The number of carbonyl (C=O) groups is 1. The zero-order valence-electron chi connectivity index (χ0n) is 12.0. The summed E-state index contributed by atoms with van der Waals surface area (Å²) < 4.78 is 1.68. The molecule has 112 valence electrons. The first kappa shape index (κ1) is 14.3. The number of aromatic nitrogens is 2. The van der Waals surface area contributed by atoms with E-state index in [2.05, 4.69) is 10.3 Å². The summed E-state index contributed by atoms with van der Waals surface area (Å²) in [5.41, 5.74) is 0.793. The molecule has 3 rings (SSSR count). The second-order valence-corrected chi connectivity index (χ2v) is 5.16. The molecule has 1 atom stereocenters. The molecule has 22 heavy (non-hydrogen) atoms. The van der Waals surface area contributed by atoms with Crippen LogP contribution in [0.5, 0.6) is 0 Å². The van der Waals surface area contributed by atoms with Gasteiger partial charge in [-0.15, -0.1) is 0 Å². The van der Waals surface area contributed by atoms with Gasteiger partial charge in [0, 0.05) is 18.9 Å². The first-order chi connectivity index (χ1) is 10.7. The normalized spacial score (nSPS) is 12.2. The number of aliphatic hydroxyl groups excluding tert-OH is 1. The Morgan fingerprint density at radius 3 is 2.82 bits per heavy atom. The van der Waals surface area contributed by atoms with Gasteiger partial charge in [-0.3, -0.25) is 4.79 Å². The van der Waals surface area contributed by atoms with Crippen molar-refractivity contribution in [1.82, 2.24) is 14.9 Å². The van der Waals surface area contributed by atoms with Crippen molar-refractivity contribution in [3.63, 3.8) is 0 Å². The van der Waals surface area contributed by atoms with Crippen molar-refractivity contribution in [2.75, 3.05) is 6.54 Å². The Hall–Kier alpha value is -2.66. The Morgan fingerprint density at radius 2 is 2.05 bits per heavy atom. The Kier molecular flexibility index (Phi) is 4.16. The molecule has 5 nitrogen and oxygen atoms in total. The molecule has 2 aromatic carbocycles. The molecular formula is C17H17N3O2. The number of aliphatic hydroxyl groups is 1. The third kappa shape index (κ3) is 3.32. The van der Waals surface area contributed by atoms with Crippen molar-refractivity contribution in [3.05, 3.63) is 66.7 Å². The minimum atomic E-state index is -0.726. The van der Waals surface area contributed by atoms with E-state index >= 15 is 0 Å². The number of rotatable bonds is 5. The fourth-order valence-corrected chi connectivity index (χ4v) is 2.35. The quantitative estimate of drug-likeness (QED) is 0.755. The van der Waals surface area contributed by atoms with E-state index in [4.69, 9.17) is 0 Å². The lowest BCUT2D eigenvalue weighted by molar-refractivity contribution is -0.122. The molecule has 0 bridgehead atoms. The number of benzene rings is 2. The van der Waals surface area contributed by atoms with Gasteiger partial charge in [0.25, 0.3) is 0 Å². The minimum Gasteiger partial charge on any atom is -0.387 e. The standard InChI is InChI=1S/C17H17N3O2/c21-16(10-19-17(22)11-20-8-7-18-12-20)15-6-5-13-3-1-2-4-14(13)9-15/h1-9,12,16,21H,10-11H2,(H,19,22). The molecule has 0 saturated carbocycles. The average Bonchev–Trinajstić information content (AvgIpc) is 3.05. The van der Waals surface area contributed by atoms with Crippen LogP contribution in [0.25, 0.3) is 10.8 Å². The predicted octanol–water partition coefficient (Wildman–Crippen LogP) is 1.89. The number of hydrogen-bond donors (Lipinski definition) is 2. The van der Waals surface area contributed by atoms with Gasteiger partial charge in [-0.25, -0.2) is 4.98 Å². The maximum Gasteiger partial charge on any atom is 0.240 e. The van der Waals surface area contributed by atoms with Gasteiger partial charge >= 0.3 is 0 Å². The highest BCUT2D eigenvalue weighted by molar-refractivity contribution is 5.83. The first-order valence-corrected chi connectivity index (χ1v) is 7.11. The molecule has 2 N–H and O–H groups in total. The molecule has 0 radical (unpaired) electrons. The van der Waals surface area contributed by atoms with Crippen molar-refractivity contribution in [3.8, 4) is 0 Å². The number of nitrogens with zero attached hydrogens (tertiary/aromatic N) is 2. The molecule has 1 aromatic heterocycles. The maximum atomic E-state index is 11.8. The number of carbonyl (C=O) groups excluding carboxylic acids is 1. The van der Waals surface area contributed by atoms with Crippen LogP contribution in [0.3, 0.4) is 0 Å². The van der Waals surface area contributed by atoms with Crippen LogP contribution in [-0.2, 0) is 11.3 Å².